The number of unbranched alkanes of at least 4 members (excludes halogenated alkanes) is 2. The van der Waals surface area contributed by atoms with Crippen molar-refractivity contribution in [1.29, 1.82) is 0 Å². The second kappa shape index (κ2) is 6.94. The Morgan fingerprint density at radius 2 is 2.00 bits per heavy atom. The zero-order valence-corrected chi connectivity index (χ0v) is 10.3. The van der Waals surface area contributed by atoms with Crippen molar-refractivity contribution in [3.8, 4) is 11.5 Å². The minimum Gasteiger partial charge on any atom is -0.497 e. The van der Waals surface area contributed by atoms with E-state index in [1.54, 1.807) is 14.2 Å². The average Bonchev–Trinajstić information content (AvgIpc) is 2.34. The molecule has 88 valence electrons. The van der Waals surface area contributed by atoms with Gasteiger partial charge < -0.3 is 9.47 Å². The standard InChI is InChI=1S/C14H20O2/c1-4-5-6-7-8-12-9-10-13(15-2)11-14(12)16-3/h7-11H,4-6H2,1-3H3. The van der Waals surface area contributed by atoms with Crippen LogP contribution in [0.15, 0.2) is 24.3 Å². The smallest absolute Gasteiger partial charge is 0.129 e. The molecule has 0 heterocycles. The third kappa shape index (κ3) is 3.61. The minimum absolute atomic E-state index is 0.822. The predicted octanol–water partition coefficient (Wildman–Crippen LogP) is 3.91. The summed E-state index contributed by atoms with van der Waals surface area (Å²) in [6, 6.07) is 5.86. The molecule has 1 aromatic rings. The van der Waals surface area contributed by atoms with E-state index in [0.29, 0.717) is 0 Å². The van der Waals surface area contributed by atoms with Crippen LogP contribution in [0.25, 0.3) is 6.08 Å². The van der Waals surface area contributed by atoms with E-state index >= 15 is 0 Å². The van der Waals surface area contributed by atoms with E-state index in [4.69, 9.17) is 9.47 Å². The van der Waals surface area contributed by atoms with Crippen molar-refractivity contribution in [3.63, 3.8) is 0 Å². The molecule has 1 aromatic carbocycles. The maximum absolute atomic E-state index is 5.31. The molecular formula is C14H20O2. The number of hydrogen-bond acceptors (Lipinski definition) is 2. The summed E-state index contributed by atoms with van der Waals surface area (Å²) in [5, 5.41) is 0. The van der Waals surface area contributed by atoms with Crippen LogP contribution in [0.1, 0.15) is 31.7 Å². The van der Waals surface area contributed by atoms with Gasteiger partial charge in [0.2, 0.25) is 0 Å². The van der Waals surface area contributed by atoms with Crippen LogP contribution in [0.5, 0.6) is 11.5 Å². The summed E-state index contributed by atoms with van der Waals surface area (Å²) in [5.41, 5.74) is 1.10. The molecule has 0 radical (unpaired) electrons. The molecule has 0 spiro atoms. The summed E-state index contributed by atoms with van der Waals surface area (Å²) in [6.45, 7) is 2.20. The van der Waals surface area contributed by atoms with Gasteiger partial charge in [-0.15, -0.1) is 0 Å². The van der Waals surface area contributed by atoms with Crippen molar-refractivity contribution in [3.05, 3.63) is 29.8 Å². The number of allylic oxidation sites excluding steroid dienone is 1. The highest BCUT2D eigenvalue weighted by molar-refractivity contribution is 5.59. The molecule has 0 atom stereocenters. The molecular weight excluding hydrogens is 200 g/mol. The fourth-order valence-corrected chi connectivity index (χ4v) is 1.49. The lowest BCUT2D eigenvalue weighted by Crippen LogP contribution is -1.89. The van der Waals surface area contributed by atoms with Gasteiger partial charge in [0.25, 0.3) is 0 Å². The van der Waals surface area contributed by atoms with E-state index in [0.717, 1.165) is 23.5 Å². The van der Waals surface area contributed by atoms with Crippen LogP contribution >= 0.6 is 0 Å². The molecule has 0 amide bonds. The second-order valence-corrected chi connectivity index (χ2v) is 3.65. The van der Waals surface area contributed by atoms with Gasteiger partial charge in [-0.05, 0) is 18.6 Å². The van der Waals surface area contributed by atoms with Gasteiger partial charge in [0.05, 0.1) is 14.2 Å². The van der Waals surface area contributed by atoms with E-state index in [-0.39, 0.29) is 0 Å². The molecule has 0 aliphatic carbocycles. The van der Waals surface area contributed by atoms with Gasteiger partial charge in [-0.1, -0.05) is 31.9 Å². The first-order valence-electron chi connectivity index (χ1n) is 5.70. The molecule has 1 rings (SSSR count). The number of hydrogen-bond donors (Lipinski definition) is 0. The van der Waals surface area contributed by atoms with E-state index in [1.807, 2.05) is 18.2 Å². The fourth-order valence-electron chi connectivity index (χ4n) is 1.49. The van der Waals surface area contributed by atoms with Crippen LogP contribution in [0.2, 0.25) is 0 Å². The number of benzene rings is 1. The van der Waals surface area contributed by atoms with Crippen LogP contribution < -0.4 is 9.47 Å². The Morgan fingerprint density at radius 3 is 2.62 bits per heavy atom. The minimum atomic E-state index is 0.822. The Morgan fingerprint density at radius 1 is 1.19 bits per heavy atom. The number of ether oxygens (including phenoxy) is 2. The van der Waals surface area contributed by atoms with Crippen molar-refractivity contribution in [1.82, 2.24) is 0 Å². The number of rotatable bonds is 6. The summed E-state index contributed by atoms with van der Waals surface area (Å²) in [7, 11) is 3.34. The predicted molar refractivity (Wildman–Crippen MR) is 68.1 cm³/mol. The maximum Gasteiger partial charge on any atom is 0.129 e. The molecule has 16 heavy (non-hydrogen) atoms. The van der Waals surface area contributed by atoms with Gasteiger partial charge in [0.15, 0.2) is 0 Å². The average molecular weight is 220 g/mol. The fraction of sp³-hybridized carbons (Fsp3) is 0.429. The zero-order valence-electron chi connectivity index (χ0n) is 10.3. The van der Waals surface area contributed by atoms with Crippen LogP contribution in [-0.4, -0.2) is 14.2 Å². The lowest BCUT2D eigenvalue weighted by Gasteiger charge is -2.07. The zero-order chi connectivity index (χ0) is 11.8. The van der Waals surface area contributed by atoms with E-state index in [9.17, 15) is 0 Å². The Balaban J connectivity index is 2.75. The topological polar surface area (TPSA) is 18.5 Å². The summed E-state index contributed by atoms with van der Waals surface area (Å²) in [6.07, 6.45) is 7.87. The first-order chi connectivity index (χ1) is 7.81. The van der Waals surface area contributed by atoms with Gasteiger partial charge in [0, 0.05) is 11.6 Å². The van der Waals surface area contributed by atoms with Crippen LogP contribution in [0, 0.1) is 0 Å². The maximum atomic E-state index is 5.31. The molecule has 0 aromatic heterocycles. The van der Waals surface area contributed by atoms with Gasteiger partial charge in [0.1, 0.15) is 11.5 Å². The van der Waals surface area contributed by atoms with Crippen molar-refractivity contribution in [2.24, 2.45) is 0 Å². The summed E-state index contributed by atoms with van der Waals surface area (Å²) >= 11 is 0. The molecule has 0 bridgehead atoms. The summed E-state index contributed by atoms with van der Waals surface area (Å²) in [5.74, 6) is 1.68. The lowest BCUT2D eigenvalue weighted by atomic mass is 10.1. The third-order valence-electron chi connectivity index (χ3n) is 2.46. The van der Waals surface area contributed by atoms with Gasteiger partial charge >= 0.3 is 0 Å². The van der Waals surface area contributed by atoms with Gasteiger partial charge in [-0.2, -0.15) is 0 Å². The lowest BCUT2D eigenvalue weighted by molar-refractivity contribution is 0.393. The first kappa shape index (κ1) is 12.6. The van der Waals surface area contributed by atoms with Crippen molar-refractivity contribution < 1.29 is 9.47 Å². The Labute approximate surface area is 97.9 Å². The monoisotopic (exact) mass is 220 g/mol. The quantitative estimate of drug-likeness (QED) is 0.677. The Kier molecular flexibility index (Phi) is 5.48. The Hall–Kier alpha value is -1.44. The third-order valence-corrected chi connectivity index (χ3v) is 2.46. The molecule has 0 saturated heterocycles. The van der Waals surface area contributed by atoms with Crippen LogP contribution in [0.3, 0.4) is 0 Å². The molecule has 0 N–H and O–H groups in total. The molecule has 2 heteroatoms. The molecule has 0 aliphatic heterocycles. The highest BCUT2D eigenvalue weighted by Gasteiger charge is 2.01. The van der Waals surface area contributed by atoms with Crippen molar-refractivity contribution in [2.75, 3.05) is 14.2 Å². The van der Waals surface area contributed by atoms with E-state index in [2.05, 4.69) is 19.1 Å². The molecule has 0 aliphatic rings. The highest BCUT2D eigenvalue weighted by Crippen LogP contribution is 2.25. The van der Waals surface area contributed by atoms with E-state index < -0.39 is 0 Å². The van der Waals surface area contributed by atoms with E-state index in [1.165, 1.54) is 12.8 Å². The summed E-state index contributed by atoms with van der Waals surface area (Å²) in [4.78, 5) is 0. The Bertz CT molecular complexity index is 343. The molecule has 0 unspecified atom stereocenters. The normalized spacial score (nSPS) is 10.7. The van der Waals surface area contributed by atoms with Gasteiger partial charge in [-0.25, -0.2) is 0 Å². The van der Waals surface area contributed by atoms with Crippen molar-refractivity contribution in [2.45, 2.75) is 26.2 Å². The molecule has 2 nitrogen and oxygen atoms in total. The van der Waals surface area contributed by atoms with Gasteiger partial charge in [-0.3, -0.25) is 0 Å². The largest absolute Gasteiger partial charge is 0.497 e. The SMILES string of the molecule is CCCCC=Cc1ccc(OC)cc1OC. The molecule has 0 saturated carbocycles. The molecule has 0 fully saturated rings. The first-order valence-corrected chi connectivity index (χ1v) is 5.70. The second-order valence-electron chi connectivity index (χ2n) is 3.65. The van der Waals surface area contributed by atoms with Crippen molar-refractivity contribution >= 4 is 6.08 Å². The van der Waals surface area contributed by atoms with Crippen LogP contribution in [0.4, 0.5) is 0 Å². The van der Waals surface area contributed by atoms with Crippen LogP contribution in [-0.2, 0) is 0 Å². The summed E-state index contributed by atoms with van der Waals surface area (Å²) < 4.78 is 10.5. The highest BCUT2D eigenvalue weighted by atomic mass is 16.5. The number of methoxy groups -OCH3 is 2.